The first kappa shape index (κ1) is 36.4. The molecule has 4 bridgehead atoms. The van der Waals surface area contributed by atoms with Crippen LogP contribution in [0.5, 0.6) is 0 Å². The minimum absolute atomic E-state index is 0. The Hall–Kier alpha value is -1.81. The van der Waals surface area contributed by atoms with Crippen molar-refractivity contribution in [3.8, 4) is 11.1 Å². The Morgan fingerprint density at radius 3 is 1.43 bits per heavy atom. The summed E-state index contributed by atoms with van der Waals surface area (Å²) in [7, 11) is 1.90. The monoisotopic (exact) mass is 741 g/mol. The Morgan fingerprint density at radius 2 is 1.17 bits per heavy atom. The molecule has 5 aliphatic rings. The number of hydrogen-bond donors (Lipinski definition) is 0. The molecule has 4 saturated carbocycles. The van der Waals surface area contributed by atoms with Crippen molar-refractivity contribution >= 4 is 15.4 Å². The number of benzene rings is 3. The van der Waals surface area contributed by atoms with Crippen LogP contribution in [0.2, 0.25) is 0 Å². The summed E-state index contributed by atoms with van der Waals surface area (Å²) in [6.45, 7) is 11.1. The molecule has 0 amide bonds. The maximum atomic E-state index is 8.34. The van der Waals surface area contributed by atoms with E-state index in [9.17, 15) is 0 Å². The quantitative estimate of drug-likeness (QED) is 0.175. The summed E-state index contributed by atoms with van der Waals surface area (Å²) in [5.41, 5.74) is 15.7. The molecule has 0 aliphatic heterocycles. The molecule has 3 aromatic carbocycles. The van der Waals surface area contributed by atoms with Crippen LogP contribution in [0.15, 0.2) is 108 Å². The number of allylic oxidation sites excluding steroid dienone is 4. The van der Waals surface area contributed by atoms with Crippen LogP contribution >= 0.6 is 0 Å². The third-order valence-electron chi connectivity index (χ3n) is 9.31. The molecule has 223 valence electrons. The Bertz CT molecular complexity index is 1210. The normalized spacial score (nSPS) is 27.9. The van der Waals surface area contributed by atoms with Gasteiger partial charge in [-0.05, 0) is 47.6 Å². The molecule has 1 radical (unpaired) electrons. The van der Waals surface area contributed by atoms with E-state index in [0.29, 0.717) is 11.3 Å². The van der Waals surface area contributed by atoms with Crippen LogP contribution in [-0.2, 0) is 25.8 Å². The summed E-state index contributed by atoms with van der Waals surface area (Å²) < 4.78 is 0. The standard InChI is InChI=1S/C12H10.C11H18N.C9H13.C6H7Si.CH3.Hf/c1-3-7-11(8-4-1)12-9-5-2-6-10-12;1-10-3-8-2-9(4-10)6-11(12,5-8)7-10;1-6-5-7(2)9(4)8(6)3;7-6-4-2-1-3-5-6;;/h1-10H;8-9,12H,2-7H2,1H3;6H,1-4H3;1-5H,7H2;1H3;/q;2*-1;;-1;. The van der Waals surface area contributed by atoms with E-state index in [1.807, 2.05) is 40.6 Å². The molecule has 5 aliphatic carbocycles. The van der Waals surface area contributed by atoms with E-state index in [1.54, 1.807) is 0 Å². The van der Waals surface area contributed by atoms with Crippen LogP contribution in [0.1, 0.15) is 73.1 Å². The van der Waals surface area contributed by atoms with Crippen LogP contribution in [0.25, 0.3) is 16.9 Å². The van der Waals surface area contributed by atoms with Gasteiger partial charge >= 0.3 is 0 Å². The predicted molar refractivity (Wildman–Crippen MR) is 183 cm³/mol. The van der Waals surface area contributed by atoms with E-state index in [2.05, 4.69) is 101 Å². The summed E-state index contributed by atoms with van der Waals surface area (Å²) >= 11 is 0. The molecular formula is C39H51HfNSi-3. The zero-order valence-corrected chi connectivity index (χ0v) is 31.8. The molecule has 1 nitrogen and oxygen atoms in total. The Balaban J connectivity index is 0.000000197. The third kappa shape index (κ3) is 10.1. The average molecular weight is 740 g/mol. The molecule has 0 aromatic heterocycles. The van der Waals surface area contributed by atoms with Gasteiger partial charge in [0.2, 0.25) is 0 Å². The Labute approximate surface area is 279 Å². The van der Waals surface area contributed by atoms with Gasteiger partial charge in [-0.1, -0.05) is 149 Å². The van der Waals surface area contributed by atoms with Gasteiger partial charge in [-0.15, -0.1) is 12.5 Å². The van der Waals surface area contributed by atoms with Crippen LogP contribution in [-0.4, -0.2) is 15.8 Å². The van der Waals surface area contributed by atoms with Crippen LogP contribution in [0, 0.1) is 36.7 Å². The van der Waals surface area contributed by atoms with E-state index >= 15 is 0 Å². The summed E-state index contributed by atoms with van der Waals surface area (Å²) in [4.78, 5) is 0. The fourth-order valence-electron chi connectivity index (χ4n) is 7.62. The van der Waals surface area contributed by atoms with E-state index in [-0.39, 0.29) is 38.8 Å². The van der Waals surface area contributed by atoms with Gasteiger partial charge in [0.1, 0.15) is 0 Å². The van der Waals surface area contributed by atoms with Gasteiger partial charge in [-0.3, -0.25) is 6.08 Å². The number of nitrogens with one attached hydrogen (secondary N) is 1. The first-order valence-corrected chi connectivity index (χ1v) is 15.8. The second-order valence-corrected chi connectivity index (χ2v) is 13.9. The molecule has 3 aromatic rings. The van der Waals surface area contributed by atoms with Gasteiger partial charge in [-0.25, -0.2) is 5.57 Å². The largest absolute Gasteiger partial charge is 0.672 e. The topological polar surface area (TPSA) is 23.8 Å². The molecule has 3 atom stereocenters. The van der Waals surface area contributed by atoms with E-state index < -0.39 is 0 Å². The predicted octanol–water partition coefficient (Wildman–Crippen LogP) is 9.87. The fourth-order valence-corrected chi connectivity index (χ4v) is 7.89. The Kier molecular flexibility index (Phi) is 14.1. The first-order chi connectivity index (χ1) is 19.1. The number of hydrogen-bond acceptors (Lipinski definition) is 0. The molecule has 8 rings (SSSR count). The van der Waals surface area contributed by atoms with Crippen molar-refractivity contribution in [3.63, 3.8) is 0 Å². The van der Waals surface area contributed by atoms with Gasteiger partial charge < -0.3 is 13.2 Å². The molecular weight excluding hydrogens is 689 g/mol. The van der Waals surface area contributed by atoms with Crippen molar-refractivity contribution in [3.05, 3.63) is 127 Å². The van der Waals surface area contributed by atoms with Crippen molar-refractivity contribution < 1.29 is 25.8 Å². The second kappa shape index (κ2) is 16.3. The average Bonchev–Trinajstić information content (AvgIpc) is 3.14. The smallest absolute Gasteiger partial charge is 0.0477 e. The van der Waals surface area contributed by atoms with Crippen molar-refractivity contribution in [2.24, 2.45) is 23.2 Å². The minimum atomic E-state index is 0. The molecule has 42 heavy (non-hydrogen) atoms. The van der Waals surface area contributed by atoms with Gasteiger partial charge in [0, 0.05) is 36.1 Å². The van der Waals surface area contributed by atoms with Crippen molar-refractivity contribution in [1.29, 1.82) is 0 Å². The van der Waals surface area contributed by atoms with Crippen LogP contribution < -0.4 is 5.19 Å². The SMILES string of the molecule is CC12CC3CC(C1)CC([NH-])(C3)C2.CC1=[C-]C(C)C(C)=C1C.[CH3-].[Hf].[SiH2]c1ccccc1.c1ccc(-c2ccccc2)cc1. The zero-order valence-electron chi connectivity index (χ0n) is 26.8. The molecule has 0 saturated heterocycles. The van der Waals surface area contributed by atoms with Gasteiger partial charge in [0.25, 0.3) is 0 Å². The second-order valence-electron chi connectivity index (χ2n) is 13.1. The summed E-state index contributed by atoms with van der Waals surface area (Å²) in [5, 5.41) is 1.35. The molecule has 1 N–H and O–H groups in total. The van der Waals surface area contributed by atoms with Crippen molar-refractivity contribution in [1.82, 2.24) is 0 Å². The van der Waals surface area contributed by atoms with E-state index in [1.165, 1.54) is 71.6 Å². The maximum Gasteiger partial charge on any atom is 0.0477 e. The molecule has 4 fully saturated rings. The van der Waals surface area contributed by atoms with E-state index in [0.717, 1.165) is 11.8 Å². The van der Waals surface area contributed by atoms with Crippen LogP contribution in [0.4, 0.5) is 0 Å². The van der Waals surface area contributed by atoms with E-state index in [4.69, 9.17) is 5.73 Å². The molecule has 0 spiro atoms. The molecule has 3 unspecified atom stereocenters. The van der Waals surface area contributed by atoms with Crippen molar-refractivity contribution in [2.75, 3.05) is 0 Å². The van der Waals surface area contributed by atoms with Gasteiger partial charge in [0.05, 0.1) is 0 Å². The third-order valence-corrected chi connectivity index (χ3v) is 9.79. The zero-order chi connectivity index (χ0) is 28.8. The first-order valence-electron chi connectivity index (χ1n) is 15.1. The summed E-state index contributed by atoms with van der Waals surface area (Å²) in [6, 6.07) is 31.1. The summed E-state index contributed by atoms with van der Waals surface area (Å²) in [6.07, 6.45) is 11.3. The number of rotatable bonds is 1. The summed E-state index contributed by atoms with van der Waals surface area (Å²) in [5.74, 6) is 2.41. The Morgan fingerprint density at radius 1 is 0.738 bits per heavy atom. The molecule has 3 heteroatoms. The molecule has 0 heterocycles. The maximum absolute atomic E-state index is 8.34. The van der Waals surface area contributed by atoms with Gasteiger partial charge in [-0.2, -0.15) is 11.1 Å². The van der Waals surface area contributed by atoms with Crippen molar-refractivity contribution in [2.45, 2.75) is 78.7 Å². The fraction of sp³-hybridized carbons (Fsp3) is 0.410. The van der Waals surface area contributed by atoms with Crippen LogP contribution in [0.3, 0.4) is 0 Å². The minimum Gasteiger partial charge on any atom is -0.672 e. The van der Waals surface area contributed by atoms with Gasteiger partial charge in [0.15, 0.2) is 0 Å².